The van der Waals surface area contributed by atoms with E-state index in [9.17, 15) is 9.18 Å². The van der Waals surface area contributed by atoms with Gasteiger partial charge in [-0.15, -0.1) is 0 Å². The molecule has 1 amide bonds. The lowest BCUT2D eigenvalue weighted by Gasteiger charge is -2.34. The Bertz CT molecular complexity index is 666. The molecule has 6 heteroatoms. The van der Waals surface area contributed by atoms with Crippen molar-refractivity contribution in [2.45, 2.75) is 12.8 Å². The van der Waals surface area contributed by atoms with Crippen molar-refractivity contribution < 1.29 is 13.9 Å². The molecular weight excluding hydrogens is 285 g/mol. The van der Waals surface area contributed by atoms with E-state index in [1.807, 2.05) is 18.2 Å². The van der Waals surface area contributed by atoms with Gasteiger partial charge in [0.25, 0.3) is 5.91 Å². The fourth-order valence-corrected chi connectivity index (χ4v) is 2.71. The molecule has 0 bridgehead atoms. The number of halogens is 1. The molecule has 0 spiro atoms. The van der Waals surface area contributed by atoms with Gasteiger partial charge in [0, 0.05) is 30.6 Å². The number of amides is 1. The summed E-state index contributed by atoms with van der Waals surface area (Å²) in [6.45, 7) is 0.938. The Balaban J connectivity index is 1.76. The maximum absolute atomic E-state index is 13.4. The zero-order valence-corrected chi connectivity index (χ0v) is 12.2. The molecule has 0 unspecified atom stereocenters. The quantitative estimate of drug-likeness (QED) is 0.940. The van der Waals surface area contributed by atoms with Crippen molar-refractivity contribution in [1.82, 2.24) is 15.5 Å². The van der Waals surface area contributed by atoms with E-state index in [2.05, 4.69) is 15.5 Å². The first kappa shape index (κ1) is 14.8. The van der Waals surface area contributed by atoms with Crippen LogP contribution in [-0.4, -0.2) is 42.5 Å². The number of nitrogens with zero attached hydrogens (tertiary/aromatic N) is 2. The van der Waals surface area contributed by atoms with Crippen LogP contribution in [0, 0.1) is 5.41 Å². The summed E-state index contributed by atoms with van der Waals surface area (Å²) in [5.74, 6) is -0.245. The van der Waals surface area contributed by atoms with Crippen LogP contribution in [-0.2, 0) is 4.74 Å². The molecule has 1 aliphatic rings. The normalized spacial score (nSPS) is 17.3. The summed E-state index contributed by atoms with van der Waals surface area (Å²) >= 11 is 0. The van der Waals surface area contributed by atoms with Crippen molar-refractivity contribution in [2.75, 3.05) is 26.4 Å². The number of aromatic nitrogens is 2. The third-order valence-corrected chi connectivity index (χ3v) is 4.25. The highest BCUT2D eigenvalue weighted by molar-refractivity contribution is 6.05. The number of benzene rings is 1. The Morgan fingerprint density at radius 2 is 2.09 bits per heavy atom. The Hall–Kier alpha value is -2.08. The number of hydrogen-bond donors (Lipinski definition) is 1. The highest BCUT2D eigenvalue weighted by atomic mass is 19.1. The van der Waals surface area contributed by atoms with Crippen LogP contribution in [0.4, 0.5) is 4.39 Å². The molecule has 1 aromatic carbocycles. The van der Waals surface area contributed by atoms with Crippen LogP contribution in [0.3, 0.4) is 0 Å². The van der Waals surface area contributed by atoms with Crippen molar-refractivity contribution >= 4 is 16.8 Å². The second-order valence-corrected chi connectivity index (χ2v) is 5.70. The highest BCUT2D eigenvalue weighted by Gasteiger charge is 2.33. The first-order valence-electron chi connectivity index (χ1n) is 7.36. The summed E-state index contributed by atoms with van der Waals surface area (Å²) < 4.78 is 18.7. The predicted molar refractivity (Wildman–Crippen MR) is 80.3 cm³/mol. The molecule has 2 aromatic rings. The molecule has 1 saturated heterocycles. The van der Waals surface area contributed by atoms with E-state index in [1.54, 1.807) is 6.07 Å². The molecule has 1 fully saturated rings. The molecule has 5 nitrogen and oxygen atoms in total. The molecule has 1 aromatic heterocycles. The molecule has 0 atom stereocenters. The molecule has 1 aliphatic heterocycles. The number of nitrogens with one attached hydrogen (secondary N) is 1. The number of ether oxygens (including phenoxy) is 1. The lowest BCUT2D eigenvalue weighted by atomic mass is 9.81. The van der Waals surface area contributed by atoms with Gasteiger partial charge in [-0.1, -0.05) is 18.2 Å². The SMILES string of the molecule is O=C(NCC1(CF)CCOCC1)c1cnnc2ccccc12. The predicted octanol–water partition coefficient (Wildman–Crippen LogP) is 2.13. The molecule has 116 valence electrons. The van der Waals surface area contributed by atoms with Crippen LogP contribution in [0.5, 0.6) is 0 Å². The van der Waals surface area contributed by atoms with Crippen molar-refractivity contribution in [3.8, 4) is 0 Å². The number of alkyl halides is 1. The van der Waals surface area contributed by atoms with E-state index in [1.165, 1.54) is 6.20 Å². The fourth-order valence-electron chi connectivity index (χ4n) is 2.71. The van der Waals surface area contributed by atoms with Crippen LogP contribution in [0.25, 0.3) is 10.9 Å². The van der Waals surface area contributed by atoms with E-state index in [4.69, 9.17) is 4.74 Å². The first-order chi connectivity index (χ1) is 10.7. The fraction of sp³-hybridized carbons (Fsp3) is 0.438. The van der Waals surface area contributed by atoms with Gasteiger partial charge in [-0.2, -0.15) is 10.2 Å². The molecule has 0 aliphatic carbocycles. The largest absolute Gasteiger partial charge is 0.381 e. The lowest BCUT2D eigenvalue weighted by Crippen LogP contribution is -2.42. The van der Waals surface area contributed by atoms with E-state index in [-0.39, 0.29) is 5.91 Å². The minimum absolute atomic E-state index is 0.245. The number of carbonyl (C=O) groups is 1. The van der Waals surface area contributed by atoms with Gasteiger partial charge in [-0.3, -0.25) is 9.18 Å². The van der Waals surface area contributed by atoms with Crippen LogP contribution < -0.4 is 5.32 Å². The third-order valence-electron chi connectivity index (χ3n) is 4.25. The molecule has 22 heavy (non-hydrogen) atoms. The summed E-state index contributed by atoms with van der Waals surface area (Å²) in [5.41, 5.74) is 0.623. The highest BCUT2D eigenvalue weighted by Crippen LogP contribution is 2.30. The number of rotatable bonds is 4. The Labute approximate surface area is 127 Å². The molecule has 1 N–H and O–H groups in total. The number of hydrogen-bond acceptors (Lipinski definition) is 4. The summed E-state index contributed by atoms with van der Waals surface area (Å²) in [6.07, 6.45) is 2.70. The third kappa shape index (κ3) is 2.92. The Kier molecular flexibility index (Phi) is 4.29. The van der Waals surface area contributed by atoms with Gasteiger partial charge in [0.15, 0.2) is 0 Å². The topological polar surface area (TPSA) is 64.1 Å². The van der Waals surface area contributed by atoms with Crippen molar-refractivity contribution in [2.24, 2.45) is 5.41 Å². The summed E-state index contributed by atoms with van der Waals surface area (Å²) in [6, 6.07) is 7.33. The number of carbonyl (C=O) groups excluding carboxylic acids is 1. The van der Waals surface area contributed by atoms with Gasteiger partial charge in [0.1, 0.15) is 0 Å². The minimum Gasteiger partial charge on any atom is -0.381 e. The Morgan fingerprint density at radius 1 is 1.32 bits per heavy atom. The van der Waals surface area contributed by atoms with Gasteiger partial charge in [0.05, 0.1) is 24.0 Å². The van der Waals surface area contributed by atoms with Gasteiger partial charge < -0.3 is 10.1 Å². The average Bonchev–Trinajstić information content (AvgIpc) is 2.60. The standard InChI is InChI=1S/C16H18FN3O2/c17-10-16(5-7-22-8-6-16)11-18-15(21)13-9-19-20-14-4-2-1-3-12(13)14/h1-4,9H,5-8,10-11H2,(H,18,21). The van der Waals surface area contributed by atoms with Crippen LogP contribution in [0.2, 0.25) is 0 Å². The van der Waals surface area contributed by atoms with Crippen molar-refractivity contribution in [1.29, 1.82) is 0 Å². The molecule has 0 saturated carbocycles. The molecule has 0 radical (unpaired) electrons. The number of fused-ring (bicyclic) bond motifs is 1. The van der Waals surface area contributed by atoms with Gasteiger partial charge in [-0.05, 0) is 18.9 Å². The Morgan fingerprint density at radius 3 is 2.86 bits per heavy atom. The van der Waals surface area contributed by atoms with Crippen molar-refractivity contribution in [3.05, 3.63) is 36.0 Å². The van der Waals surface area contributed by atoms with E-state index < -0.39 is 12.1 Å². The minimum atomic E-state index is -0.510. The second-order valence-electron chi connectivity index (χ2n) is 5.70. The van der Waals surface area contributed by atoms with E-state index in [0.717, 1.165) is 5.39 Å². The maximum Gasteiger partial charge on any atom is 0.253 e. The van der Waals surface area contributed by atoms with Gasteiger partial charge in [-0.25, -0.2) is 0 Å². The lowest BCUT2D eigenvalue weighted by molar-refractivity contribution is 0.00262. The van der Waals surface area contributed by atoms with Gasteiger partial charge in [0.2, 0.25) is 0 Å². The molecule has 3 rings (SSSR count). The summed E-state index contributed by atoms with van der Waals surface area (Å²) in [7, 11) is 0. The zero-order valence-electron chi connectivity index (χ0n) is 12.2. The van der Waals surface area contributed by atoms with Crippen LogP contribution in [0.15, 0.2) is 30.5 Å². The monoisotopic (exact) mass is 303 g/mol. The molecular formula is C16H18FN3O2. The van der Waals surface area contributed by atoms with Crippen molar-refractivity contribution in [3.63, 3.8) is 0 Å². The maximum atomic E-state index is 13.4. The van der Waals surface area contributed by atoms with Crippen LogP contribution >= 0.6 is 0 Å². The van der Waals surface area contributed by atoms with E-state index >= 15 is 0 Å². The van der Waals surface area contributed by atoms with Crippen LogP contribution in [0.1, 0.15) is 23.2 Å². The average molecular weight is 303 g/mol. The first-order valence-corrected chi connectivity index (χ1v) is 7.36. The molecule has 2 heterocycles. The van der Waals surface area contributed by atoms with E-state index in [0.29, 0.717) is 43.7 Å². The smallest absolute Gasteiger partial charge is 0.253 e. The second kappa shape index (κ2) is 6.36. The summed E-state index contributed by atoms with van der Waals surface area (Å²) in [5, 5.41) is 11.5. The van der Waals surface area contributed by atoms with Gasteiger partial charge >= 0.3 is 0 Å². The summed E-state index contributed by atoms with van der Waals surface area (Å²) in [4.78, 5) is 12.4. The zero-order chi connectivity index (χ0) is 15.4.